The molecule has 5 rings (SSSR count). The topological polar surface area (TPSA) is 45.9 Å². The number of aromatic nitrogens is 2. The molecule has 1 atom stereocenters. The van der Waals surface area contributed by atoms with E-state index in [2.05, 4.69) is 33.2 Å². The number of fused-ring (bicyclic) bond motifs is 1. The molecule has 1 aromatic heterocycles. The molecule has 0 amide bonds. The number of hydrogen-bond donors (Lipinski definition) is 0. The zero-order valence-electron chi connectivity index (χ0n) is 18.3. The van der Waals surface area contributed by atoms with Gasteiger partial charge in [-0.25, -0.2) is 14.4 Å². The minimum Gasteiger partial charge on any atom is -0.495 e. The standard InChI is InChI=1S/C25H26FN5O/c1-18-16-29(17-28-18)23-10-5-19(15-24(23)32-2)14-20-4-3-12-31-25(20)27-11-13-30(31)22-8-6-21(26)7-9-22/h5-11,13,15-17,20H,3-4,12,14H2,1-2H3. The molecule has 2 aliphatic heterocycles. The molecule has 0 bridgehead atoms. The van der Waals surface area contributed by atoms with Gasteiger partial charge in [-0.15, -0.1) is 0 Å². The monoisotopic (exact) mass is 431 g/mol. The van der Waals surface area contributed by atoms with Crippen molar-refractivity contribution in [2.24, 2.45) is 10.9 Å². The first kappa shape index (κ1) is 20.3. The molecule has 0 N–H and O–H groups in total. The lowest BCUT2D eigenvalue weighted by molar-refractivity contribution is 0.325. The van der Waals surface area contributed by atoms with Crippen LogP contribution < -0.4 is 9.75 Å². The van der Waals surface area contributed by atoms with Crippen LogP contribution in [0.5, 0.6) is 5.75 Å². The van der Waals surface area contributed by atoms with Gasteiger partial charge in [0.2, 0.25) is 0 Å². The van der Waals surface area contributed by atoms with E-state index < -0.39 is 0 Å². The fraction of sp³-hybridized carbons (Fsp3) is 0.280. The molecule has 0 aliphatic carbocycles. The molecule has 0 radical (unpaired) electrons. The van der Waals surface area contributed by atoms with Crippen LogP contribution in [0.1, 0.15) is 24.1 Å². The molecule has 32 heavy (non-hydrogen) atoms. The average molecular weight is 432 g/mol. The zero-order valence-corrected chi connectivity index (χ0v) is 18.3. The first-order valence-corrected chi connectivity index (χ1v) is 10.9. The van der Waals surface area contributed by atoms with E-state index in [1.165, 1.54) is 17.7 Å². The summed E-state index contributed by atoms with van der Waals surface area (Å²) in [6.45, 7) is 2.86. The van der Waals surface area contributed by atoms with E-state index in [0.717, 1.165) is 54.5 Å². The fourth-order valence-corrected chi connectivity index (χ4v) is 4.50. The van der Waals surface area contributed by atoms with E-state index in [-0.39, 0.29) is 5.82 Å². The molecule has 164 valence electrons. The minimum atomic E-state index is -0.233. The first-order chi connectivity index (χ1) is 15.6. The van der Waals surface area contributed by atoms with Crippen LogP contribution in [0.15, 0.2) is 72.4 Å². The Hall–Kier alpha value is -3.61. The van der Waals surface area contributed by atoms with E-state index in [0.29, 0.717) is 5.92 Å². The number of anilines is 1. The Balaban J connectivity index is 1.38. The number of hydrogen-bond acceptors (Lipinski definition) is 5. The van der Waals surface area contributed by atoms with Crippen LogP contribution in [0, 0.1) is 18.7 Å². The van der Waals surface area contributed by atoms with Gasteiger partial charge in [0.1, 0.15) is 17.4 Å². The lowest BCUT2D eigenvalue weighted by Gasteiger charge is -2.43. The molecular weight excluding hydrogens is 405 g/mol. The Kier molecular flexibility index (Phi) is 5.39. The lowest BCUT2D eigenvalue weighted by atomic mass is 9.90. The van der Waals surface area contributed by atoms with Gasteiger partial charge in [0.15, 0.2) is 0 Å². The lowest BCUT2D eigenvalue weighted by Crippen LogP contribution is -2.51. The Morgan fingerprint density at radius 1 is 1.16 bits per heavy atom. The summed E-state index contributed by atoms with van der Waals surface area (Å²) in [6.07, 6.45) is 10.6. The number of rotatable bonds is 5. The van der Waals surface area contributed by atoms with Crippen LogP contribution in [0.3, 0.4) is 0 Å². The smallest absolute Gasteiger partial charge is 0.143 e. The summed E-state index contributed by atoms with van der Waals surface area (Å²) in [5.74, 6) is 1.94. The molecule has 1 unspecified atom stereocenters. The van der Waals surface area contributed by atoms with Gasteiger partial charge < -0.3 is 9.30 Å². The van der Waals surface area contributed by atoms with Crippen molar-refractivity contribution in [3.63, 3.8) is 0 Å². The molecule has 6 nitrogen and oxygen atoms in total. The van der Waals surface area contributed by atoms with Crippen molar-refractivity contribution in [2.45, 2.75) is 26.2 Å². The zero-order chi connectivity index (χ0) is 22.1. The van der Waals surface area contributed by atoms with Gasteiger partial charge in [-0.3, -0.25) is 10.0 Å². The second-order valence-corrected chi connectivity index (χ2v) is 8.20. The summed E-state index contributed by atoms with van der Waals surface area (Å²) in [5.41, 5.74) is 4.08. The second kappa shape index (κ2) is 8.49. The molecule has 0 spiro atoms. The predicted octanol–water partition coefficient (Wildman–Crippen LogP) is 4.89. The van der Waals surface area contributed by atoms with E-state index in [1.807, 2.05) is 30.1 Å². The molecule has 0 saturated carbocycles. The van der Waals surface area contributed by atoms with Crippen LogP contribution >= 0.6 is 0 Å². The highest BCUT2D eigenvalue weighted by atomic mass is 19.1. The Morgan fingerprint density at radius 2 is 2.00 bits per heavy atom. The third-order valence-electron chi connectivity index (χ3n) is 6.03. The maximum Gasteiger partial charge on any atom is 0.143 e. The van der Waals surface area contributed by atoms with E-state index in [9.17, 15) is 4.39 Å². The summed E-state index contributed by atoms with van der Waals surface area (Å²) >= 11 is 0. The van der Waals surface area contributed by atoms with Crippen molar-refractivity contribution in [2.75, 3.05) is 18.7 Å². The highest BCUT2D eigenvalue weighted by molar-refractivity contribution is 5.88. The molecule has 3 aromatic rings. The molecule has 1 fully saturated rings. The Morgan fingerprint density at radius 3 is 2.75 bits per heavy atom. The number of amidine groups is 1. The van der Waals surface area contributed by atoms with Gasteiger partial charge in [0, 0.05) is 31.1 Å². The van der Waals surface area contributed by atoms with Crippen molar-refractivity contribution in [3.05, 3.63) is 84.5 Å². The van der Waals surface area contributed by atoms with Crippen LogP contribution in [0.2, 0.25) is 0 Å². The number of aryl methyl sites for hydroxylation is 1. The minimum absolute atomic E-state index is 0.233. The number of imidazole rings is 1. The van der Waals surface area contributed by atoms with Gasteiger partial charge in [-0.2, -0.15) is 0 Å². The summed E-state index contributed by atoms with van der Waals surface area (Å²) in [5, 5.41) is 4.28. The van der Waals surface area contributed by atoms with Crippen LogP contribution in [0.25, 0.3) is 5.69 Å². The number of piperidine rings is 1. The number of nitrogens with zero attached hydrogens (tertiary/aromatic N) is 5. The Bertz CT molecular complexity index is 1170. The number of aliphatic imine (C=N–C) groups is 1. The number of hydrazine groups is 1. The molecule has 2 aromatic carbocycles. The Labute approximate surface area is 187 Å². The normalized spacial score (nSPS) is 17.8. The van der Waals surface area contributed by atoms with Crippen molar-refractivity contribution in [1.82, 2.24) is 14.6 Å². The molecular formula is C25H26FN5O. The van der Waals surface area contributed by atoms with Crippen LogP contribution in [0.4, 0.5) is 10.1 Å². The molecule has 7 heteroatoms. The summed E-state index contributed by atoms with van der Waals surface area (Å²) in [6, 6.07) is 12.9. The quantitative estimate of drug-likeness (QED) is 0.577. The van der Waals surface area contributed by atoms with Gasteiger partial charge in [-0.1, -0.05) is 6.07 Å². The van der Waals surface area contributed by atoms with Gasteiger partial charge in [0.05, 0.1) is 30.5 Å². The molecule has 2 aliphatic rings. The third kappa shape index (κ3) is 3.86. The van der Waals surface area contributed by atoms with Crippen molar-refractivity contribution in [1.29, 1.82) is 0 Å². The predicted molar refractivity (Wildman–Crippen MR) is 123 cm³/mol. The first-order valence-electron chi connectivity index (χ1n) is 10.9. The largest absolute Gasteiger partial charge is 0.495 e. The molecule has 1 saturated heterocycles. The molecule has 3 heterocycles. The summed E-state index contributed by atoms with van der Waals surface area (Å²) in [7, 11) is 1.70. The number of ether oxygens (including phenoxy) is 1. The summed E-state index contributed by atoms with van der Waals surface area (Å²) < 4.78 is 21.1. The number of methoxy groups -OCH3 is 1. The average Bonchev–Trinajstić information content (AvgIpc) is 3.25. The van der Waals surface area contributed by atoms with Gasteiger partial charge in [0.25, 0.3) is 0 Å². The maximum absolute atomic E-state index is 13.4. The number of benzene rings is 2. The van der Waals surface area contributed by atoms with Crippen LogP contribution in [-0.4, -0.2) is 34.1 Å². The highest BCUT2D eigenvalue weighted by Gasteiger charge is 2.31. The van der Waals surface area contributed by atoms with Crippen molar-refractivity contribution >= 4 is 11.5 Å². The van der Waals surface area contributed by atoms with Gasteiger partial charge in [-0.05, 0) is 68.1 Å². The van der Waals surface area contributed by atoms with E-state index >= 15 is 0 Å². The third-order valence-corrected chi connectivity index (χ3v) is 6.03. The van der Waals surface area contributed by atoms with Crippen molar-refractivity contribution in [3.8, 4) is 11.4 Å². The SMILES string of the molecule is COc1cc(CC2CCCN3C2=NC=CN3c2ccc(F)cc2)ccc1-n1cnc(C)c1. The van der Waals surface area contributed by atoms with Gasteiger partial charge >= 0.3 is 0 Å². The maximum atomic E-state index is 13.4. The second-order valence-electron chi connectivity index (χ2n) is 8.20. The van der Waals surface area contributed by atoms with E-state index in [4.69, 9.17) is 9.73 Å². The highest BCUT2D eigenvalue weighted by Crippen LogP contribution is 2.32. The fourth-order valence-electron chi connectivity index (χ4n) is 4.50. The van der Waals surface area contributed by atoms with E-state index in [1.54, 1.807) is 25.6 Å². The number of halogens is 1. The summed E-state index contributed by atoms with van der Waals surface area (Å²) in [4.78, 5) is 9.06. The van der Waals surface area contributed by atoms with Crippen LogP contribution in [-0.2, 0) is 6.42 Å². The van der Waals surface area contributed by atoms with Crippen molar-refractivity contribution < 1.29 is 9.13 Å².